The molecule has 1 aliphatic heterocycles. The molecular weight excluding hydrogens is 335 g/mol. The van der Waals surface area contributed by atoms with Gasteiger partial charge < -0.3 is 23.6 Å². The third kappa shape index (κ3) is 7.68. The topological polar surface area (TPSA) is 97.3 Å². The van der Waals surface area contributed by atoms with Gasteiger partial charge in [0, 0.05) is 18.8 Å². The zero-order valence-electron chi connectivity index (χ0n) is 14.4. The van der Waals surface area contributed by atoms with Crippen molar-refractivity contribution < 1.29 is 28.3 Å². The van der Waals surface area contributed by atoms with Crippen molar-refractivity contribution in [1.82, 2.24) is 10.2 Å². The van der Waals surface area contributed by atoms with E-state index in [-0.39, 0.29) is 18.9 Å². The third-order valence-corrected chi connectivity index (χ3v) is 4.33. The predicted molar refractivity (Wildman–Crippen MR) is 89.6 cm³/mol. The summed E-state index contributed by atoms with van der Waals surface area (Å²) in [5.41, 5.74) is 0.413. The molecular formula is C15H27N2O6P. The monoisotopic (exact) mass is 362 g/mol. The molecule has 0 aromatic rings. The van der Waals surface area contributed by atoms with Gasteiger partial charge in [0.2, 0.25) is 6.41 Å². The van der Waals surface area contributed by atoms with E-state index in [1.807, 2.05) is 6.92 Å². The first kappa shape index (κ1) is 21.0. The number of nitrogens with zero attached hydrogens (tertiary/aromatic N) is 1. The molecule has 1 heterocycles. The van der Waals surface area contributed by atoms with E-state index in [1.165, 1.54) is 0 Å². The second-order valence-corrected chi connectivity index (χ2v) is 6.57. The van der Waals surface area contributed by atoms with Crippen molar-refractivity contribution in [3.8, 4) is 0 Å². The Hall–Kier alpha value is -1.05. The molecule has 24 heavy (non-hydrogen) atoms. The molecule has 138 valence electrons. The van der Waals surface area contributed by atoms with Crippen LogP contribution in [0.5, 0.6) is 0 Å². The minimum atomic E-state index is -1.86. The maximum Gasteiger partial charge on any atom is 0.329 e. The number of ether oxygens (including phenoxy) is 1. The molecule has 1 fully saturated rings. The molecule has 3 atom stereocenters. The zero-order valence-corrected chi connectivity index (χ0v) is 15.3. The van der Waals surface area contributed by atoms with Crippen LogP contribution in [0.2, 0.25) is 0 Å². The Morgan fingerprint density at radius 1 is 1.46 bits per heavy atom. The molecule has 2 amide bonds. The summed E-state index contributed by atoms with van der Waals surface area (Å²) >= 11 is 0. The molecule has 1 saturated heterocycles. The molecule has 0 bridgehead atoms. The SMILES string of the molecule is CCCCOP(O)OCC1CCC(N(C)/C=C(/C)C(=O)NC=O)O1. The van der Waals surface area contributed by atoms with Crippen LogP contribution in [0.4, 0.5) is 0 Å². The van der Waals surface area contributed by atoms with E-state index in [9.17, 15) is 14.5 Å². The number of nitrogens with one attached hydrogen (secondary N) is 1. The summed E-state index contributed by atoms with van der Waals surface area (Å²) in [5, 5.41) is 2.09. The predicted octanol–water partition coefficient (Wildman–Crippen LogP) is 1.65. The first-order valence-corrected chi connectivity index (χ1v) is 9.16. The van der Waals surface area contributed by atoms with Gasteiger partial charge in [0.1, 0.15) is 6.23 Å². The maximum atomic E-state index is 11.5. The Bertz CT molecular complexity index is 434. The average molecular weight is 362 g/mol. The minimum Gasteiger partial charge on any atom is -0.355 e. The number of hydrogen-bond donors (Lipinski definition) is 2. The van der Waals surface area contributed by atoms with Gasteiger partial charge in [0.15, 0.2) is 0 Å². The van der Waals surface area contributed by atoms with Crippen LogP contribution in [0.1, 0.15) is 39.5 Å². The van der Waals surface area contributed by atoms with Gasteiger partial charge in [-0.25, -0.2) is 0 Å². The second-order valence-electron chi connectivity index (χ2n) is 5.58. The molecule has 0 radical (unpaired) electrons. The van der Waals surface area contributed by atoms with Crippen LogP contribution >= 0.6 is 8.60 Å². The van der Waals surface area contributed by atoms with Crippen molar-refractivity contribution >= 4 is 20.9 Å². The van der Waals surface area contributed by atoms with Gasteiger partial charge in [-0.05, 0) is 26.2 Å². The lowest BCUT2D eigenvalue weighted by atomic mass is 10.2. The van der Waals surface area contributed by atoms with Crippen LogP contribution in [0.25, 0.3) is 0 Å². The minimum absolute atomic E-state index is 0.123. The van der Waals surface area contributed by atoms with Crippen LogP contribution in [-0.4, -0.2) is 54.7 Å². The number of carbonyl (C=O) groups excluding carboxylic acids is 2. The van der Waals surface area contributed by atoms with E-state index in [0.717, 1.165) is 25.7 Å². The maximum absolute atomic E-state index is 11.5. The largest absolute Gasteiger partial charge is 0.355 e. The number of rotatable bonds is 11. The van der Waals surface area contributed by atoms with Crippen molar-refractivity contribution in [2.24, 2.45) is 0 Å². The van der Waals surface area contributed by atoms with Crippen LogP contribution in [0, 0.1) is 0 Å². The molecule has 0 aromatic heterocycles. The summed E-state index contributed by atoms with van der Waals surface area (Å²) in [5.74, 6) is -0.440. The van der Waals surface area contributed by atoms with E-state index in [0.29, 0.717) is 18.6 Å². The zero-order chi connectivity index (χ0) is 17.9. The van der Waals surface area contributed by atoms with E-state index in [4.69, 9.17) is 13.8 Å². The fraction of sp³-hybridized carbons (Fsp3) is 0.733. The molecule has 2 N–H and O–H groups in total. The van der Waals surface area contributed by atoms with Gasteiger partial charge in [0.05, 0.1) is 19.3 Å². The third-order valence-electron chi connectivity index (χ3n) is 3.56. The number of hydrogen-bond acceptors (Lipinski definition) is 7. The van der Waals surface area contributed by atoms with Crippen LogP contribution in [-0.2, 0) is 23.4 Å². The molecule has 1 rings (SSSR count). The summed E-state index contributed by atoms with van der Waals surface area (Å²) in [6, 6.07) is 0. The lowest BCUT2D eigenvalue weighted by Gasteiger charge is -2.24. The van der Waals surface area contributed by atoms with Gasteiger partial charge in [-0.1, -0.05) is 13.3 Å². The van der Waals surface area contributed by atoms with Gasteiger partial charge in [-0.2, -0.15) is 0 Å². The summed E-state index contributed by atoms with van der Waals surface area (Å²) in [6.07, 6.45) is 5.16. The Balaban J connectivity index is 2.33. The standard InChI is InChI=1S/C15H27N2O6P/c1-4-5-8-21-24(20)22-10-13-6-7-14(23-13)17(3)9-12(2)15(19)16-11-18/h9,11,13-14,20H,4-8,10H2,1-3H3,(H,16,18,19)/b12-9-. The van der Waals surface area contributed by atoms with Crippen molar-refractivity contribution in [2.45, 2.75) is 51.9 Å². The van der Waals surface area contributed by atoms with Crippen molar-refractivity contribution in [3.63, 3.8) is 0 Å². The summed E-state index contributed by atoms with van der Waals surface area (Å²) in [6.45, 7) is 4.43. The number of unbranched alkanes of at least 4 members (excludes halogenated alkanes) is 1. The van der Waals surface area contributed by atoms with E-state index in [1.54, 1.807) is 25.1 Å². The Labute approximate surface area is 144 Å². The van der Waals surface area contributed by atoms with E-state index < -0.39 is 14.5 Å². The van der Waals surface area contributed by atoms with Gasteiger partial charge in [-0.15, -0.1) is 0 Å². The van der Waals surface area contributed by atoms with Crippen molar-refractivity contribution in [2.75, 3.05) is 20.3 Å². The number of carbonyl (C=O) groups is 2. The first-order valence-electron chi connectivity index (χ1n) is 8.03. The lowest BCUT2D eigenvalue weighted by Crippen LogP contribution is -2.30. The molecule has 0 saturated carbocycles. The van der Waals surface area contributed by atoms with Gasteiger partial charge in [-0.3, -0.25) is 14.9 Å². The van der Waals surface area contributed by atoms with E-state index in [2.05, 4.69) is 5.32 Å². The normalized spacial score (nSPS) is 22.2. The number of amides is 2. The van der Waals surface area contributed by atoms with Gasteiger partial charge in [0.25, 0.3) is 5.91 Å². The van der Waals surface area contributed by atoms with Crippen molar-refractivity contribution in [1.29, 1.82) is 0 Å². The highest BCUT2D eigenvalue weighted by molar-refractivity contribution is 7.40. The smallest absolute Gasteiger partial charge is 0.329 e. The Kier molecular flexibility index (Phi) is 10.1. The molecule has 0 aliphatic carbocycles. The van der Waals surface area contributed by atoms with Crippen LogP contribution in [0.15, 0.2) is 11.8 Å². The fourth-order valence-corrected chi connectivity index (χ4v) is 2.85. The fourth-order valence-electron chi connectivity index (χ4n) is 2.19. The second kappa shape index (κ2) is 11.5. The molecule has 1 aliphatic rings. The highest BCUT2D eigenvalue weighted by atomic mass is 31.2. The molecule has 3 unspecified atom stereocenters. The van der Waals surface area contributed by atoms with Crippen LogP contribution in [0.3, 0.4) is 0 Å². The molecule has 8 nitrogen and oxygen atoms in total. The summed E-state index contributed by atoms with van der Waals surface area (Å²) < 4.78 is 16.3. The average Bonchev–Trinajstić information content (AvgIpc) is 3.02. The molecule has 0 aromatic carbocycles. The lowest BCUT2D eigenvalue weighted by molar-refractivity contribution is -0.122. The number of imide groups is 1. The summed E-state index contributed by atoms with van der Waals surface area (Å²) in [4.78, 5) is 33.2. The Morgan fingerprint density at radius 2 is 2.21 bits per heavy atom. The van der Waals surface area contributed by atoms with Crippen LogP contribution < -0.4 is 5.32 Å². The Morgan fingerprint density at radius 3 is 2.88 bits per heavy atom. The quantitative estimate of drug-likeness (QED) is 0.250. The molecule has 9 heteroatoms. The summed E-state index contributed by atoms with van der Waals surface area (Å²) in [7, 11) is -0.0523. The highest BCUT2D eigenvalue weighted by Crippen LogP contribution is 2.34. The highest BCUT2D eigenvalue weighted by Gasteiger charge is 2.28. The van der Waals surface area contributed by atoms with E-state index >= 15 is 0 Å². The van der Waals surface area contributed by atoms with Gasteiger partial charge >= 0.3 is 8.60 Å². The molecule has 0 spiro atoms. The first-order chi connectivity index (χ1) is 11.5. The van der Waals surface area contributed by atoms with Crippen molar-refractivity contribution in [3.05, 3.63) is 11.8 Å².